The lowest BCUT2D eigenvalue weighted by atomic mass is 9.97. The first kappa shape index (κ1) is 13.6. The van der Waals surface area contributed by atoms with Gasteiger partial charge in [0.15, 0.2) is 0 Å². The molecule has 1 aromatic rings. The van der Waals surface area contributed by atoms with Gasteiger partial charge in [-0.05, 0) is 32.4 Å². The van der Waals surface area contributed by atoms with Crippen LogP contribution in [-0.4, -0.2) is 19.7 Å². The molecule has 0 amide bonds. The van der Waals surface area contributed by atoms with E-state index in [2.05, 4.69) is 0 Å². The largest absolute Gasteiger partial charge is 0.496 e. The average Bonchev–Trinajstić information content (AvgIpc) is 2.28. The molecule has 17 heavy (non-hydrogen) atoms. The Balaban J connectivity index is 2.49. The fourth-order valence-corrected chi connectivity index (χ4v) is 1.38. The lowest BCUT2D eigenvalue weighted by Crippen LogP contribution is -2.23. The normalized spacial score (nSPS) is 11.1. The maximum atomic E-state index is 11.6. The number of rotatable bonds is 4. The second-order valence-corrected chi connectivity index (χ2v) is 4.95. The molecule has 0 saturated heterocycles. The van der Waals surface area contributed by atoms with Crippen LogP contribution in [0.25, 0.3) is 0 Å². The van der Waals surface area contributed by atoms with Crippen molar-refractivity contribution in [1.82, 2.24) is 0 Å². The molecule has 94 valence electrons. The van der Waals surface area contributed by atoms with Crippen molar-refractivity contribution >= 4 is 5.97 Å². The topological polar surface area (TPSA) is 35.5 Å². The monoisotopic (exact) mass is 236 g/mol. The summed E-state index contributed by atoms with van der Waals surface area (Å²) in [4.78, 5) is 11.6. The first-order chi connectivity index (χ1) is 7.95. The Bertz CT molecular complexity index is 377. The highest BCUT2D eigenvalue weighted by molar-refractivity contribution is 5.75. The zero-order valence-corrected chi connectivity index (χ0v) is 10.9. The van der Waals surface area contributed by atoms with Crippen molar-refractivity contribution in [3.63, 3.8) is 0 Å². The van der Waals surface area contributed by atoms with Crippen molar-refractivity contribution < 1.29 is 14.3 Å². The summed E-state index contributed by atoms with van der Waals surface area (Å²) < 4.78 is 10.4. The SMILES string of the molecule is COc1ccccc1CCOC(=O)C(C)(C)C. The van der Waals surface area contributed by atoms with Crippen LogP contribution in [0.1, 0.15) is 26.3 Å². The highest BCUT2D eigenvalue weighted by atomic mass is 16.5. The Kier molecular flexibility index (Phi) is 4.55. The van der Waals surface area contributed by atoms with E-state index in [0.717, 1.165) is 11.3 Å². The molecule has 1 aromatic carbocycles. The van der Waals surface area contributed by atoms with E-state index in [1.165, 1.54) is 0 Å². The van der Waals surface area contributed by atoms with E-state index >= 15 is 0 Å². The van der Waals surface area contributed by atoms with Gasteiger partial charge >= 0.3 is 5.97 Å². The highest BCUT2D eigenvalue weighted by Gasteiger charge is 2.22. The first-order valence-corrected chi connectivity index (χ1v) is 5.74. The number of hydrogen-bond acceptors (Lipinski definition) is 3. The third-order valence-corrected chi connectivity index (χ3v) is 2.41. The number of esters is 1. The van der Waals surface area contributed by atoms with Gasteiger partial charge < -0.3 is 9.47 Å². The Morgan fingerprint density at radius 3 is 2.47 bits per heavy atom. The van der Waals surface area contributed by atoms with Gasteiger partial charge in [0.1, 0.15) is 5.75 Å². The average molecular weight is 236 g/mol. The molecule has 0 aromatic heterocycles. The number of carbonyl (C=O) groups is 1. The number of carbonyl (C=O) groups excluding carboxylic acids is 1. The Morgan fingerprint density at radius 2 is 1.88 bits per heavy atom. The van der Waals surface area contributed by atoms with Crippen LogP contribution < -0.4 is 4.74 Å². The fourth-order valence-electron chi connectivity index (χ4n) is 1.38. The van der Waals surface area contributed by atoms with Crippen LogP contribution in [0.5, 0.6) is 5.75 Å². The number of hydrogen-bond donors (Lipinski definition) is 0. The number of methoxy groups -OCH3 is 1. The highest BCUT2D eigenvalue weighted by Crippen LogP contribution is 2.19. The number of ether oxygens (including phenoxy) is 2. The lowest BCUT2D eigenvalue weighted by molar-refractivity contribution is -0.152. The smallest absolute Gasteiger partial charge is 0.311 e. The second kappa shape index (κ2) is 5.71. The van der Waals surface area contributed by atoms with E-state index in [9.17, 15) is 4.79 Å². The second-order valence-electron chi connectivity index (χ2n) is 4.95. The molecule has 3 nitrogen and oxygen atoms in total. The number of para-hydroxylation sites is 1. The Morgan fingerprint density at radius 1 is 1.24 bits per heavy atom. The van der Waals surface area contributed by atoms with Gasteiger partial charge in [-0.15, -0.1) is 0 Å². The summed E-state index contributed by atoms with van der Waals surface area (Å²) in [5.74, 6) is 0.659. The first-order valence-electron chi connectivity index (χ1n) is 5.74. The van der Waals surface area contributed by atoms with Gasteiger partial charge in [-0.3, -0.25) is 4.79 Å². The van der Waals surface area contributed by atoms with Crippen molar-refractivity contribution in [1.29, 1.82) is 0 Å². The summed E-state index contributed by atoms with van der Waals surface area (Å²) in [6, 6.07) is 7.75. The molecular weight excluding hydrogens is 216 g/mol. The zero-order chi connectivity index (χ0) is 12.9. The maximum Gasteiger partial charge on any atom is 0.311 e. The minimum atomic E-state index is -0.444. The molecule has 3 heteroatoms. The van der Waals surface area contributed by atoms with Gasteiger partial charge in [-0.2, -0.15) is 0 Å². The molecule has 0 saturated carbocycles. The van der Waals surface area contributed by atoms with Crippen molar-refractivity contribution in [3.8, 4) is 5.75 Å². The molecule has 0 spiro atoms. The van der Waals surface area contributed by atoms with E-state index in [1.54, 1.807) is 7.11 Å². The number of benzene rings is 1. The van der Waals surface area contributed by atoms with E-state index in [-0.39, 0.29) is 5.97 Å². The molecule has 0 unspecified atom stereocenters. The van der Waals surface area contributed by atoms with Crippen LogP contribution in [-0.2, 0) is 16.0 Å². The molecule has 0 aliphatic heterocycles. The molecule has 0 aliphatic rings. The fraction of sp³-hybridized carbons (Fsp3) is 0.500. The predicted octanol–water partition coefficient (Wildman–Crippen LogP) is 2.83. The third kappa shape index (κ3) is 4.10. The standard InChI is InChI=1S/C14H20O3/c1-14(2,3)13(15)17-10-9-11-7-5-6-8-12(11)16-4/h5-8H,9-10H2,1-4H3. The van der Waals surface area contributed by atoms with Gasteiger partial charge in [0.2, 0.25) is 0 Å². The van der Waals surface area contributed by atoms with Crippen molar-refractivity contribution in [2.24, 2.45) is 5.41 Å². The van der Waals surface area contributed by atoms with Gasteiger partial charge in [0, 0.05) is 6.42 Å². The Hall–Kier alpha value is -1.51. The maximum absolute atomic E-state index is 11.6. The Labute approximate surface area is 103 Å². The van der Waals surface area contributed by atoms with Crippen LogP contribution in [0.3, 0.4) is 0 Å². The zero-order valence-electron chi connectivity index (χ0n) is 10.9. The molecule has 1 rings (SSSR count). The summed E-state index contributed by atoms with van der Waals surface area (Å²) in [6.45, 7) is 5.92. The van der Waals surface area contributed by atoms with Gasteiger partial charge in [-0.1, -0.05) is 18.2 Å². The van der Waals surface area contributed by atoms with Crippen molar-refractivity contribution in [2.45, 2.75) is 27.2 Å². The minimum absolute atomic E-state index is 0.174. The van der Waals surface area contributed by atoms with Crippen molar-refractivity contribution in [3.05, 3.63) is 29.8 Å². The van der Waals surface area contributed by atoms with Crippen LogP contribution in [0.15, 0.2) is 24.3 Å². The summed E-state index contributed by atoms with van der Waals surface area (Å²) in [7, 11) is 1.64. The molecule has 0 N–H and O–H groups in total. The van der Waals surface area contributed by atoms with E-state index in [4.69, 9.17) is 9.47 Å². The van der Waals surface area contributed by atoms with Crippen LogP contribution in [0, 0.1) is 5.41 Å². The molecule has 0 aliphatic carbocycles. The van der Waals surface area contributed by atoms with Crippen LogP contribution >= 0.6 is 0 Å². The summed E-state index contributed by atoms with van der Waals surface area (Å²) >= 11 is 0. The van der Waals surface area contributed by atoms with Crippen LogP contribution in [0.4, 0.5) is 0 Å². The third-order valence-electron chi connectivity index (χ3n) is 2.41. The predicted molar refractivity (Wildman–Crippen MR) is 67.1 cm³/mol. The molecular formula is C14H20O3. The van der Waals surface area contributed by atoms with E-state index in [0.29, 0.717) is 13.0 Å². The molecule has 0 fully saturated rings. The van der Waals surface area contributed by atoms with Gasteiger partial charge in [0.25, 0.3) is 0 Å². The quantitative estimate of drug-likeness (QED) is 0.754. The molecule has 0 heterocycles. The van der Waals surface area contributed by atoms with Gasteiger partial charge in [-0.25, -0.2) is 0 Å². The molecule has 0 atom stereocenters. The van der Waals surface area contributed by atoms with Crippen molar-refractivity contribution in [2.75, 3.05) is 13.7 Å². The van der Waals surface area contributed by atoms with Gasteiger partial charge in [0.05, 0.1) is 19.1 Å². The van der Waals surface area contributed by atoms with E-state index < -0.39 is 5.41 Å². The van der Waals surface area contributed by atoms with E-state index in [1.807, 2.05) is 45.0 Å². The summed E-state index contributed by atoms with van der Waals surface area (Å²) in [5, 5.41) is 0. The summed E-state index contributed by atoms with van der Waals surface area (Å²) in [5.41, 5.74) is 0.609. The van der Waals surface area contributed by atoms with Crippen LogP contribution in [0.2, 0.25) is 0 Å². The summed E-state index contributed by atoms with van der Waals surface area (Å²) in [6.07, 6.45) is 0.672. The molecule has 0 bridgehead atoms. The minimum Gasteiger partial charge on any atom is -0.496 e. The molecule has 0 radical (unpaired) electrons. The lowest BCUT2D eigenvalue weighted by Gasteiger charge is -2.16.